The van der Waals surface area contributed by atoms with E-state index in [-0.39, 0.29) is 19.4 Å². The lowest BCUT2D eigenvalue weighted by molar-refractivity contribution is -0.305. The summed E-state index contributed by atoms with van der Waals surface area (Å²) < 4.78 is 17.7. The summed E-state index contributed by atoms with van der Waals surface area (Å²) in [6.07, 6.45) is 65.0. The largest absolute Gasteiger partial charge is 0.454 e. The molecule has 0 bridgehead atoms. The van der Waals surface area contributed by atoms with Crippen molar-refractivity contribution in [1.29, 1.82) is 0 Å². The van der Waals surface area contributed by atoms with Crippen molar-refractivity contribution < 1.29 is 49.3 Å². The lowest BCUT2D eigenvalue weighted by Gasteiger charge is -2.41. The number of allylic oxidation sites excluding steroid dienone is 11. The van der Waals surface area contributed by atoms with Crippen LogP contribution in [0.4, 0.5) is 0 Å². The average Bonchev–Trinajstić information content (AvgIpc) is 3.44. The van der Waals surface area contributed by atoms with Crippen molar-refractivity contribution >= 4 is 11.9 Å². The summed E-state index contributed by atoms with van der Waals surface area (Å²) >= 11 is 0. The predicted octanol–water partition coefficient (Wildman–Crippen LogP) is 17.1. The highest BCUT2D eigenvalue weighted by atomic mass is 16.7. The van der Waals surface area contributed by atoms with Gasteiger partial charge in [0.05, 0.1) is 25.4 Å². The van der Waals surface area contributed by atoms with Gasteiger partial charge in [0.15, 0.2) is 12.4 Å². The fourth-order valence-corrected chi connectivity index (χ4v) is 10.4. The molecule has 11 nitrogen and oxygen atoms in total. The number of carbonyl (C=O) groups excluding carboxylic acids is 2. The summed E-state index contributed by atoms with van der Waals surface area (Å²) in [6, 6.07) is -1.03. The van der Waals surface area contributed by atoms with E-state index in [1.807, 2.05) is 6.08 Å². The first-order valence-electron chi connectivity index (χ1n) is 34.2. The Labute approximate surface area is 502 Å². The molecule has 1 saturated heterocycles. The SMILES string of the molecule is CCCCC/C=C\C/C=C\C/C=C\CCCCCCCCCCC(=O)OC1C(OCC(NC(=O)C(O)CCCCCCCCCCCC/C=C\C/C=C\CCCCC)C(O)/C=C/CCCCCCCCCCCC)OC(CO)C(O)C1O. The second-order valence-electron chi connectivity index (χ2n) is 23.6. The molecule has 0 saturated carbocycles. The first-order chi connectivity index (χ1) is 40.2. The number of carbonyl (C=O) groups is 2. The molecule has 6 N–H and O–H groups in total. The van der Waals surface area contributed by atoms with Crippen molar-refractivity contribution in [2.45, 2.75) is 352 Å². The number of unbranched alkanes of at least 4 members (excludes halogenated alkanes) is 34. The number of hydrogen-bond acceptors (Lipinski definition) is 10. The Kier molecular flexibility index (Phi) is 55.0. The fourth-order valence-electron chi connectivity index (χ4n) is 10.4. The van der Waals surface area contributed by atoms with Crippen LogP contribution in [0.25, 0.3) is 0 Å². The Morgan fingerprint density at radius 1 is 0.476 bits per heavy atom. The Hall–Kier alpha value is -2.90. The standard InChI is InChI=1S/C71H127NO10/c1-4-7-10-13-16-19-22-25-27-29-31-33-35-37-39-41-44-47-50-53-56-59-66(76)82-69-68(78)67(77)65(60-73)81-71(69)80-61-62(63(74)57-54-51-48-45-42-24-21-18-15-12-9-6-3)72-70(79)64(75)58-55-52-49-46-43-40-38-36-34-32-30-28-26-23-20-17-14-11-8-5-2/h16-17,19-20,25-28,31,33,54,57,62-65,67-69,71,73-75,77-78H,4-15,18,21-24,29-30,32,34-53,55-56,58-61H2,1-3H3,(H,72,79)/b19-16-,20-17-,27-25-,28-26-,33-31-,57-54+. The molecule has 0 radical (unpaired) electrons. The molecule has 8 unspecified atom stereocenters. The Morgan fingerprint density at radius 2 is 0.841 bits per heavy atom. The molecule has 1 aliphatic heterocycles. The quantitative estimate of drug-likeness (QED) is 0.0195. The van der Waals surface area contributed by atoms with E-state index in [4.69, 9.17) is 14.2 Å². The molecule has 0 aromatic heterocycles. The minimum absolute atomic E-state index is 0.113. The molecular formula is C71H127NO10. The zero-order chi connectivity index (χ0) is 59.6. The molecule has 0 aliphatic carbocycles. The molecule has 0 aromatic rings. The average molecular weight is 1150 g/mol. The molecule has 1 amide bonds. The molecule has 11 heteroatoms. The van der Waals surface area contributed by atoms with Gasteiger partial charge in [0.1, 0.15) is 24.4 Å². The number of ether oxygens (including phenoxy) is 3. The van der Waals surface area contributed by atoms with Crippen LogP contribution in [0, 0.1) is 0 Å². The van der Waals surface area contributed by atoms with Crippen molar-refractivity contribution in [3.63, 3.8) is 0 Å². The van der Waals surface area contributed by atoms with E-state index in [0.717, 1.165) is 96.3 Å². The third kappa shape index (κ3) is 45.5. The Balaban J connectivity index is 2.62. The number of amides is 1. The van der Waals surface area contributed by atoms with Gasteiger partial charge in [-0.25, -0.2) is 0 Å². The van der Waals surface area contributed by atoms with Gasteiger partial charge in [0.2, 0.25) is 5.91 Å². The van der Waals surface area contributed by atoms with Crippen LogP contribution in [0.15, 0.2) is 72.9 Å². The predicted molar refractivity (Wildman–Crippen MR) is 343 cm³/mol. The maximum atomic E-state index is 13.5. The van der Waals surface area contributed by atoms with Crippen LogP contribution in [0.2, 0.25) is 0 Å². The molecule has 1 fully saturated rings. The Morgan fingerprint density at radius 3 is 1.28 bits per heavy atom. The second-order valence-corrected chi connectivity index (χ2v) is 23.6. The van der Waals surface area contributed by atoms with Crippen LogP contribution in [0.5, 0.6) is 0 Å². The van der Waals surface area contributed by atoms with E-state index in [9.17, 15) is 35.1 Å². The number of hydrogen-bond donors (Lipinski definition) is 6. The van der Waals surface area contributed by atoms with Gasteiger partial charge < -0.3 is 45.1 Å². The molecule has 1 aliphatic rings. The zero-order valence-corrected chi connectivity index (χ0v) is 52.9. The van der Waals surface area contributed by atoms with Gasteiger partial charge in [-0.15, -0.1) is 0 Å². The topological polar surface area (TPSA) is 175 Å². The van der Waals surface area contributed by atoms with E-state index >= 15 is 0 Å². The van der Waals surface area contributed by atoms with Crippen LogP contribution in [-0.2, 0) is 23.8 Å². The summed E-state index contributed by atoms with van der Waals surface area (Å²) in [6.45, 7) is 5.76. The first kappa shape index (κ1) is 77.1. The maximum absolute atomic E-state index is 13.5. The van der Waals surface area contributed by atoms with E-state index in [0.29, 0.717) is 12.8 Å². The molecule has 476 valence electrons. The van der Waals surface area contributed by atoms with Crippen molar-refractivity contribution in [2.75, 3.05) is 13.2 Å². The minimum Gasteiger partial charge on any atom is -0.454 e. The van der Waals surface area contributed by atoms with Crippen molar-refractivity contribution in [3.05, 3.63) is 72.9 Å². The molecule has 8 atom stereocenters. The fraction of sp³-hybridized carbons (Fsp3) is 0.803. The van der Waals surface area contributed by atoms with E-state index in [1.54, 1.807) is 6.08 Å². The van der Waals surface area contributed by atoms with Gasteiger partial charge in [0.25, 0.3) is 0 Å². The molecule has 82 heavy (non-hydrogen) atoms. The number of aliphatic hydroxyl groups excluding tert-OH is 5. The van der Waals surface area contributed by atoms with E-state index < -0.39 is 67.4 Å². The van der Waals surface area contributed by atoms with Crippen LogP contribution < -0.4 is 5.32 Å². The number of nitrogens with one attached hydrogen (secondary N) is 1. The van der Waals surface area contributed by atoms with Crippen LogP contribution in [0.3, 0.4) is 0 Å². The molecule has 0 spiro atoms. The van der Waals surface area contributed by atoms with Gasteiger partial charge in [-0.05, 0) is 96.3 Å². The zero-order valence-electron chi connectivity index (χ0n) is 52.9. The third-order valence-electron chi connectivity index (χ3n) is 15.8. The van der Waals surface area contributed by atoms with Crippen molar-refractivity contribution in [3.8, 4) is 0 Å². The maximum Gasteiger partial charge on any atom is 0.306 e. The lowest BCUT2D eigenvalue weighted by Crippen LogP contribution is -2.61. The van der Waals surface area contributed by atoms with E-state index in [2.05, 4.69) is 86.8 Å². The molecule has 0 aromatic carbocycles. The molecule has 1 heterocycles. The van der Waals surface area contributed by atoms with Crippen LogP contribution in [0.1, 0.15) is 303 Å². The van der Waals surface area contributed by atoms with Gasteiger partial charge in [0, 0.05) is 6.42 Å². The van der Waals surface area contributed by atoms with Gasteiger partial charge in [-0.2, -0.15) is 0 Å². The summed E-state index contributed by atoms with van der Waals surface area (Å²) in [5, 5.41) is 57.2. The summed E-state index contributed by atoms with van der Waals surface area (Å²) in [5.41, 5.74) is 0. The summed E-state index contributed by atoms with van der Waals surface area (Å²) in [5.74, 6) is -1.20. The van der Waals surface area contributed by atoms with Crippen molar-refractivity contribution in [2.24, 2.45) is 0 Å². The highest BCUT2D eigenvalue weighted by molar-refractivity contribution is 5.80. The minimum atomic E-state index is -1.62. The van der Waals surface area contributed by atoms with Crippen LogP contribution >= 0.6 is 0 Å². The normalized spacial score (nSPS) is 19.0. The number of aliphatic hydroxyl groups is 5. The highest BCUT2D eigenvalue weighted by Crippen LogP contribution is 2.26. The monoisotopic (exact) mass is 1150 g/mol. The third-order valence-corrected chi connectivity index (χ3v) is 15.8. The van der Waals surface area contributed by atoms with Gasteiger partial charge in [-0.1, -0.05) is 273 Å². The van der Waals surface area contributed by atoms with Crippen molar-refractivity contribution in [1.82, 2.24) is 5.32 Å². The molecular weight excluding hydrogens is 1030 g/mol. The number of rotatable bonds is 58. The molecule has 1 rings (SSSR count). The highest BCUT2D eigenvalue weighted by Gasteiger charge is 2.47. The van der Waals surface area contributed by atoms with Crippen LogP contribution in [-0.4, -0.2) is 99.6 Å². The second kappa shape index (κ2) is 58.5. The Bertz CT molecular complexity index is 1610. The smallest absolute Gasteiger partial charge is 0.306 e. The first-order valence-corrected chi connectivity index (χ1v) is 34.2. The van der Waals surface area contributed by atoms with E-state index in [1.165, 1.54) is 161 Å². The number of esters is 1. The summed E-state index contributed by atoms with van der Waals surface area (Å²) in [7, 11) is 0. The lowest BCUT2D eigenvalue weighted by atomic mass is 9.99. The summed E-state index contributed by atoms with van der Waals surface area (Å²) in [4.78, 5) is 26.6. The van der Waals surface area contributed by atoms with Gasteiger partial charge in [-0.3, -0.25) is 9.59 Å². The van der Waals surface area contributed by atoms with Gasteiger partial charge >= 0.3 is 5.97 Å².